The number of fused-ring (bicyclic) bond motifs is 1. The Balaban J connectivity index is 2.03. The Morgan fingerprint density at radius 1 is 1.26 bits per heavy atom. The van der Waals surface area contributed by atoms with Crippen LogP contribution >= 0.6 is 0 Å². The maximum atomic E-state index is 12.0. The molecule has 1 heterocycles. The largest absolute Gasteiger partial charge is 0.359 e. The fourth-order valence-corrected chi connectivity index (χ4v) is 2.97. The second kappa shape index (κ2) is 4.92. The van der Waals surface area contributed by atoms with Crippen molar-refractivity contribution in [2.24, 2.45) is 0 Å². The average molecular weight is 254 g/mol. The lowest BCUT2D eigenvalue weighted by molar-refractivity contribution is -0.122. The number of carbonyl (C=O) groups excluding carboxylic acids is 1. The first-order valence-corrected chi connectivity index (χ1v) is 6.78. The van der Waals surface area contributed by atoms with E-state index in [-0.39, 0.29) is 11.8 Å². The highest BCUT2D eigenvalue weighted by molar-refractivity contribution is 5.84. The third kappa shape index (κ3) is 2.05. The standard InChI is InChI=1S/C16H18N2O/c1-17-16(19)14-8-5-9-15-13(14)10-11-18(15)12-6-3-2-4-7-12/h2-4,6-7,10-11,14H,5,8-9H2,1H3,(H,17,19)/t14-/m1/s1. The molecular formula is C16H18N2O. The lowest BCUT2D eigenvalue weighted by atomic mass is 9.86. The Bertz CT molecular complexity index is 586. The van der Waals surface area contributed by atoms with Gasteiger partial charge in [0.2, 0.25) is 5.91 Å². The van der Waals surface area contributed by atoms with E-state index in [1.807, 2.05) is 18.2 Å². The predicted octanol–water partition coefficient (Wildman–Crippen LogP) is 2.64. The number of nitrogens with one attached hydrogen (secondary N) is 1. The molecule has 0 spiro atoms. The van der Waals surface area contributed by atoms with Gasteiger partial charge < -0.3 is 9.88 Å². The summed E-state index contributed by atoms with van der Waals surface area (Å²) in [5.74, 6) is 0.144. The Labute approximate surface area is 113 Å². The van der Waals surface area contributed by atoms with Crippen LogP contribution in [0.2, 0.25) is 0 Å². The second-order valence-electron chi connectivity index (χ2n) is 4.98. The summed E-state index contributed by atoms with van der Waals surface area (Å²) in [7, 11) is 1.71. The van der Waals surface area contributed by atoms with Crippen molar-refractivity contribution in [2.75, 3.05) is 7.05 Å². The van der Waals surface area contributed by atoms with Crippen LogP contribution in [-0.2, 0) is 11.2 Å². The molecule has 0 aliphatic heterocycles. The number of likely N-dealkylation sites (N-methyl/N-ethyl adjacent to an activating group) is 1. The van der Waals surface area contributed by atoms with Crippen LogP contribution in [0, 0.1) is 0 Å². The molecule has 0 bridgehead atoms. The lowest BCUT2D eigenvalue weighted by Gasteiger charge is -2.23. The Kier molecular flexibility index (Phi) is 3.11. The molecule has 3 nitrogen and oxygen atoms in total. The van der Waals surface area contributed by atoms with Gasteiger partial charge in [0, 0.05) is 24.6 Å². The highest BCUT2D eigenvalue weighted by Gasteiger charge is 2.28. The lowest BCUT2D eigenvalue weighted by Crippen LogP contribution is -2.28. The maximum Gasteiger partial charge on any atom is 0.227 e. The number of nitrogens with zero attached hydrogens (tertiary/aromatic N) is 1. The molecule has 1 atom stereocenters. The number of hydrogen-bond acceptors (Lipinski definition) is 1. The second-order valence-corrected chi connectivity index (χ2v) is 4.98. The van der Waals surface area contributed by atoms with Crippen molar-refractivity contribution >= 4 is 5.91 Å². The van der Waals surface area contributed by atoms with E-state index in [2.05, 4.69) is 34.3 Å². The molecule has 1 aliphatic carbocycles. The van der Waals surface area contributed by atoms with Crippen molar-refractivity contribution < 1.29 is 4.79 Å². The topological polar surface area (TPSA) is 34.0 Å². The molecule has 3 heteroatoms. The number of carbonyl (C=O) groups is 1. The van der Waals surface area contributed by atoms with Gasteiger partial charge in [0.1, 0.15) is 0 Å². The van der Waals surface area contributed by atoms with Crippen molar-refractivity contribution in [1.29, 1.82) is 0 Å². The minimum atomic E-state index is 0.0127. The summed E-state index contributed by atoms with van der Waals surface area (Å²) < 4.78 is 2.21. The monoisotopic (exact) mass is 254 g/mol. The zero-order valence-corrected chi connectivity index (χ0v) is 11.1. The van der Waals surface area contributed by atoms with Gasteiger partial charge in [0.15, 0.2) is 0 Å². The molecule has 3 rings (SSSR count). The van der Waals surface area contributed by atoms with Gasteiger partial charge in [-0.15, -0.1) is 0 Å². The minimum Gasteiger partial charge on any atom is -0.359 e. The van der Waals surface area contributed by atoms with E-state index in [1.54, 1.807) is 7.05 Å². The molecule has 98 valence electrons. The number of hydrogen-bond donors (Lipinski definition) is 1. The Hall–Kier alpha value is -2.03. The normalized spacial score (nSPS) is 17.8. The van der Waals surface area contributed by atoms with E-state index in [0.29, 0.717) is 0 Å². The first-order chi connectivity index (χ1) is 9.31. The smallest absolute Gasteiger partial charge is 0.227 e. The van der Waals surface area contributed by atoms with Crippen LogP contribution in [0.4, 0.5) is 0 Å². The Morgan fingerprint density at radius 2 is 2.05 bits per heavy atom. The summed E-state index contributed by atoms with van der Waals surface area (Å²) in [6, 6.07) is 12.4. The highest BCUT2D eigenvalue weighted by Crippen LogP contribution is 2.33. The summed E-state index contributed by atoms with van der Waals surface area (Å²) in [5, 5.41) is 2.78. The van der Waals surface area contributed by atoms with Gasteiger partial charge in [-0.3, -0.25) is 4.79 Å². The summed E-state index contributed by atoms with van der Waals surface area (Å²) in [6.45, 7) is 0. The number of rotatable bonds is 2. The number of para-hydroxylation sites is 1. The van der Waals surface area contributed by atoms with Gasteiger partial charge in [-0.2, -0.15) is 0 Å². The van der Waals surface area contributed by atoms with E-state index in [4.69, 9.17) is 0 Å². The van der Waals surface area contributed by atoms with Gasteiger partial charge in [0.25, 0.3) is 0 Å². The Morgan fingerprint density at radius 3 is 2.79 bits per heavy atom. The van der Waals surface area contributed by atoms with Crippen molar-refractivity contribution in [3.63, 3.8) is 0 Å². The highest BCUT2D eigenvalue weighted by atomic mass is 16.1. The van der Waals surface area contributed by atoms with Crippen LogP contribution in [-0.4, -0.2) is 17.5 Å². The van der Waals surface area contributed by atoms with Crippen LogP contribution in [0.5, 0.6) is 0 Å². The van der Waals surface area contributed by atoms with Crippen molar-refractivity contribution in [3.8, 4) is 5.69 Å². The molecule has 1 aliphatic rings. The number of aromatic nitrogens is 1. The van der Waals surface area contributed by atoms with Gasteiger partial charge in [-0.05, 0) is 43.0 Å². The molecular weight excluding hydrogens is 236 g/mol. The molecule has 1 N–H and O–H groups in total. The summed E-state index contributed by atoms with van der Waals surface area (Å²) in [4.78, 5) is 12.0. The van der Waals surface area contributed by atoms with Gasteiger partial charge >= 0.3 is 0 Å². The van der Waals surface area contributed by atoms with E-state index in [9.17, 15) is 4.79 Å². The molecule has 0 unspecified atom stereocenters. The molecule has 0 radical (unpaired) electrons. The number of amides is 1. The first kappa shape index (κ1) is 12.0. The molecule has 0 saturated carbocycles. The zero-order chi connectivity index (χ0) is 13.2. The quantitative estimate of drug-likeness (QED) is 0.878. The van der Waals surface area contributed by atoms with E-state index in [0.717, 1.165) is 19.3 Å². The fourth-order valence-electron chi connectivity index (χ4n) is 2.97. The van der Waals surface area contributed by atoms with Crippen LogP contribution in [0.15, 0.2) is 42.6 Å². The summed E-state index contributed by atoms with van der Waals surface area (Å²) in [5.41, 5.74) is 3.64. The molecule has 1 amide bonds. The molecule has 0 saturated heterocycles. The molecule has 1 aromatic carbocycles. The van der Waals surface area contributed by atoms with Gasteiger partial charge in [-0.25, -0.2) is 0 Å². The average Bonchev–Trinajstić information content (AvgIpc) is 2.91. The SMILES string of the molecule is CNC(=O)[C@@H]1CCCc2c1ccn2-c1ccccc1. The van der Waals surface area contributed by atoms with Gasteiger partial charge in [-0.1, -0.05) is 18.2 Å². The minimum absolute atomic E-state index is 0.0127. The van der Waals surface area contributed by atoms with Crippen LogP contribution < -0.4 is 5.32 Å². The van der Waals surface area contributed by atoms with E-state index < -0.39 is 0 Å². The fraction of sp³-hybridized carbons (Fsp3) is 0.312. The molecule has 2 aromatic rings. The van der Waals surface area contributed by atoms with E-state index in [1.165, 1.54) is 16.9 Å². The third-order valence-corrected chi connectivity index (χ3v) is 3.91. The number of benzene rings is 1. The van der Waals surface area contributed by atoms with Gasteiger partial charge in [0.05, 0.1) is 5.92 Å². The first-order valence-electron chi connectivity index (χ1n) is 6.78. The summed E-state index contributed by atoms with van der Waals surface area (Å²) in [6.07, 6.45) is 5.15. The van der Waals surface area contributed by atoms with Crippen molar-refractivity contribution in [3.05, 3.63) is 53.9 Å². The molecule has 1 aromatic heterocycles. The van der Waals surface area contributed by atoms with Crippen LogP contribution in [0.1, 0.15) is 30.0 Å². The summed E-state index contributed by atoms with van der Waals surface area (Å²) >= 11 is 0. The molecule has 0 fully saturated rings. The van der Waals surface area contributed by atoms with Crippen molar-refractivity contribution in [1.82, 2.24) is 9.88 Å². The zero-order valence-electron chi connectivity index (χ0n) is 11.1. The predicted molar refractivity (Wildman–Crippen MR) is 75.5 cm³/mol. The maximum absolute atomic E-state index is 12.0. The van der Waals surface area contributed by atoms with Crippen LogP contribution in [0.3, 0.4) is 0 Å². The van der Waals surface area contributed by atoms with E-state index >= 15 is 0 Å². The molecule has 19 heavy (non-hydrogen) atoms. The van der Waals surface area contributed by atoms with Crippen LogP contribution in [0.25, 0.3) is 5.69 Å². The third-order valence-electron chi connectivity index (χ3n) is 3.91. The van der Waals surface area contributed by atoms with Crippen molar-refractivity contribution in [2.45, 2.75) is 25.2 Å².